The molecule has 1 fully saturated rings. The van der Waals surface area contributed by atoms with Crippen LogP contribution in [0, 0.1) is 6.92 Å². The first kappa shape index (κ1) is 21.8. The van der Waals surface area contributed by atoms with Gasteiger partial charge in [0.2, 0.25) is 11.8 Å². The Labute approximate surface area is 178 Å². The van der Waals surface area contributed by atoms with Crippen molar-refractivity contribution < 1.29 is 9.21 Å². The third-order valence-corrected chi connectivity index (χ3v) is 5.18. The summed E-state index contributed by atoms with van der Waals surface area (Å²) in [6.45, 7) is 7.51. The zero-order valence-electron chi connectivity index (χ0n) is 18.1. The second kappa shape index (κ2) is 10.8. The minimum Gasteiger partial charge on any atom is -0.439 e. The molecular formula is C22H32N6O2. The highest BCUT2D eigenvalue weighted by molar-refractivity contribution is 5.80. The highest BCUT2D eigenvalue weighted by Gasteiger charge is 2.21. The summed E-state index contributed by atoms with van der Waals surface area (Å²) in [5.41, 5.74) is 2.22. The number of piperidine rings is 1. The lowest BCUT2D eigenvalue weighted by atomic mass is 10.1. The summed E-state index contributed by atoms with van der Waals surface area (Å²) in [6.07, 6.45) is 3.69. The van der Waals surface area contributed by atoms with E-state index in [1.165, 1.54) is 5.56 Å². The number of oxazole rings is 1. The molecule has 1 saturated heterocycles. The van der Waals surface area contributed by atoms with Gasteiger partial charge in [0.1, 0.15) is 6.54 Å². The molecule has 2 aromatic rings. The molecule has 3 N–H and O–H groups in total. The number of aryl methyl sites for hydroxylation is 1. The first-order valence-corrected chi connectivity index (χ1v) is 10.6. The number of rotatable bonds is 7. The van der Waals surface area contributed by atoms with Crippen LogP contribution in [0.3, 0.4) is 0 Å². The highest BCUT2D eigenvalue weighted by atomic mass is 16.4. The minimum absolute atomic E-state index is 0.0623. The molecule has 162 valence electrons. The predicted octanol–water partition coefficient (Wildman–Crippen LogP) is 1.92. The van der Waals surface area contributed by atoms with Crippen LogP contribution in [-0.4, -0.2) is 61.0 Å². The van der Waals surface area contributed by atoms with Crippen molar-refractivity contribution in [3.8, 4) is 11.3 Å². The summed E-state index contributed by atoms with van der Waals surface area (Å²) in [4.78, 5) is 22.7. The first-order valence-electron chi connectivity index (χ1n) is 10.6. The Morgan fingerprint density at radius 2 is 2.00 bits per heavy atom. The number of hydrogen-bond acceptors (Lipinski definition) is 5. The van der Waals surface area contributed by atoms with Crippen LogP contribution >= 0.6 is 0 Å². The van der Waals surface area contributed by atoms with Gasteiger partial charge in [-0.1, -0.05) is 29.8 Å². The van der Waals surface area contributed by atoms with Crippen LogP contribution in [0.5, 0.6) is 0 Å². The number of carbonyl (C=O) groups excluding carboxylic acids is 1. The van der Waals surface area contributed by atoms with Crippen molar-refractivity contribution >= 4 is 11.9 Å². The molecule has 8 nitrogen and oxygen atoms in total. The summed E-state index contributed by atoms with van der Waals surface area (Å²) in [6, 6.07) is 8.51. The second-order valence-corrected chi connectivity index (χ2v) is 7.55. The Hall–Kier alpha value is -2.87. The first-order chi connectivity index (χ1) is 14.6. The molecule has 0 aliphatic carbocycles. The molecule has 0 atom stereocenters. The molecule has 1 amide bonds. The van der Waals surface area contributed by atoms with Crippen LogP contribution in [-0.2, 0) is 11.3 Å². The van der Waals surface area contributed by atoms with Gasteiger partial charge >= 0.3 is 0 Å². The van der Waals surface area contributed by atoms with Crippen molar-refractivity contribution in [2.45, 2.75) is 39.3 Å². The van der Waals surface area contributed by atoms with E-state index in [-0.39, 0.29) is 5.91 Å². The number of benzene rings is 1. The van der Waals surface area contributed by atoms with Crippen molar-refractivity contribution in [3.63, 3.8) is 0 Å². The number of aromatic nitrogens is 1. The molecule has 0 spiro atoms. The summed E-state index contributed by atoms with van der Waals surface area (Å²) >= 11 is 0. The smallest absolute Gasteiger partial charge is 0.233 e. The highest BCUT2D eigenvalue weighted by Crippen LogP contribution is 2.21. The molecule has 1 aromatic carbocycles. The quantitative estimate of drug-likeness (QED) is 0.475. The van der Waals surface area contributed by atoms with Crippen molar-refractivity contribution in [2.75, 3.05) is 33.2 Å². The summed E-state index contributed by atoms with van der Waals surface area (Å²) in [5, 5.41) is 9.47. The van der Waals surface area contributed by atoms with Gasteiger partial charge in [0.05, 0.1) is 12.7 Å². The number of aliphatic imine (C=N–C) groups is 1. The zero-order valence-corrected chi connectivity index (χ0v) is 18.1. The lowest BCUT2D eigenvalue weighted by molar-refractivity contribution is -0.122. The SMILES string of the molecule is CCNC(=NCc1ncc(-c2ccc(C)cc2)o1)NC1CCN(CC(=O)NC)CC1. The molecule has 0 bridgehead atoms. The molecule has 0 unspecified atom stereocenters. The van der Waals surface area contributed by atoms with Crippen molar-refractivity contribution in [2.24, 2.45) is 4.99 Å². The maximum atomic E-state index is 11.5. The van der Waals surface area contributed by atoms with Crippen LogP contribution < -0.4 is 16.0 Å². The number of hydrogen-bond donors (Lipinski definition) is 3. The van der Waals surface area contributed by atoms with E-state index in [2.05, 4.69) is 49.9 Å². The molecule has 2 heterocycles. The minimum atomic E-state index is 0.0623. The maximum Gasteiger partial charge on any atom is 0.233 e. The zero-order chi connectivity index (χ0) is 21.3. The van der Waals surface area contributed by atoms with Crippen LogP contribution in [0.25, 0.3) is 11.3 Å². The summed E-state index contributed by atoms with van der Waals surface area (Å²) in [5.74, 6) is 2.16. The molecule has 8 heteroatoms. The number of nitrogens with zero attached hydrogens (tertiary/aromatic N) is 3. The van der Waals surface area contributed by atoms with Gasteiger partial charge in [-0.3, -0.25) is 9.69 Å². The van der Waals surface area contributed by atoms with Crippen molar-refractivity contribution in [1.29, 1.82) is 0 Å². The van der Waals surface area contributed by atoms with E-state index in [4.69, 9.17) is 4.42 Å². The fraction of sp³-hybridized carbons (Fsp3) is 0.500. The summed E-state index contributed by atoms with van der Waals surface area (Å²) in [7, 11) is 1.67. The molecule has 0 saturated carbocycles. The topological polar surface area (TPSA) is 94.8 Å². The van der Waals surface area contributed by atoms with E-state index in [0.717, 1.165) is 49.8 Å². The van der Waals surface area contributed by atoms with E-state index < -0.39 is 0 Å². The largest absolute Gasteiger partial charge is 0.439 e. The number of carbonyl (C=O) groups is 1. The second-order valence-electron chi connectivity index (χ2n) is 7.55. The third-order valence-electron chi connectivity index (χ3n) is 5.18. The third kappa shape index (κ3) is 6.32. The molecule has 0 radical (unpaired) electrons. The Balaban J connectivity index is 1.54. The lowest BCUT2D eigenvalue weighted by Gasteiger charge is -2.32. The van der Waals surface area contributed by atoms with E-state index in [9.17, 15) is 4.79 Å². The van der Waals surface area contributed by atoms with Gasteiger partial charge in [-0.2, -0.15) is 0 Å². The van der Waals surface area contributed by atoms with Gasteiger partial charge in [-0.15, -0.1) is 0 Å². The Kier molecular flexibility index (Phi) is 7.84. The van der Waals surface area contributed by atoms with Crippen molar-refractivity contribution in [3.05, 3.63) is 41.9 Å². The number of nitrogens with one attached hydrogen (secondary N) is 3. The standard InChI is InChI=1S/C22H32N6O2/c1-4-24-22(27-18-9-11-28(12-10-18)15-20(29)23-3)26-14-21-25-13-19(30-21)17-7-5-16(2)6-8-17/h5-8,13,18H,4,9-12,14-15H2,1-3H3,(H,23,29)(H2,24,26,27). The Morgan fingerprint density at radius 1 is 1.27 bits per heavy atom. The molecule has 3 rings (SSSR count). The van der Waals surface area contributed by atoms with Gasteiger partial charge < -0.3 is 20.4 Å². The number of likely N-dealkylation sites (tertiary alicyclic amines) is 1. The number of likely N-dealkylation sites (N-methyl/N-ethyl adjacent to an activating group) is 1. The molecular weight excluding hydrogens is 380 g/mol. The maximum absolute atomic E-state index is 11.5. The molecule has 1 aromatic heterocycles. The van der Waals surface area contributed by atoms with Crippen LogP contribution in [0.1, 0.15) is 31.2 Å². The van der Waals surface area contributed by atoms with E-state index in [0.29, 0.717) is 25.0 Å². The number of amides is 1. The average Bonchev–Trinajstić information content (AvgIpc) is 3.23. The fourth-order valence-corrected chi connectivity index (χ4v) is 3.41. The Bertz CT molecular complexity index is 838. The molecule has 1 aliphatic rings. The lowest BCUT2D eigenvalue weighted by Crippen LogP contribution is -2.50. The van der Waals surface area contributed by atoms with Crippen molar-refractivity contribution in [1.82, 2.24) is 25.8 Å². The fourth-order valence-electron chi connectivity index (χ4n) is 3.41. The van der Waals surface area contributed by atoms with Gasteiger partial charge in [0.25, 0.3) is 0 Å². The predicted molar refractivity (Wildman–Crippen MR) is 118 cm³/mol. The van der Waals surface area contributed by atoms with Crippen LogP contribution in [0.2, 0.25) is 0 Å². The van der Waals surface area contributed by atoms with E-state index in [1.807, 2.05) is 19.1 Å². The average molecular weight is 413 g/mol. The van der Waals surface area contributed by atoms with Gasteiger partial charge in [0, 0.05) is 38.3 Å². The van der Waals surface area contributed by atoms with Crippen LogP contribution in [0.4, 0.5) is 0 Å². The van der Waals surface area contributed by atoms with Gasteiger partial charge in [0.15, 0.2) is 11.7 Å². The monoisotopic (exact) mass is 412 g/mol. The number of guanidine groups is 1. The van der Waals surface area contributed by atoms with E-state index >= 15 is 0 Å². The molecule has 1 aliphatic heterocycles. The summed E-state index contributed by atoms with van der Waals surface area (Å²) < 4.78 is 5.87. The normalized spacial score (nSPS) is 15.8. The van der Waals surface area contributed by atoms with Gasteiger partial charge in [-0.05, 0) is 26.7 Å². The molecule has 30 heavy (non-hydrogen) atoms. The van der Waals surface area contributed by atoms with Crippen LogP contribution in [0.15, 0.2) is 39.9 Å². The van der Waals surface area contributed by atoms with E-state index in [1.54, 1.807) is 13.2 Å². The Morgan fingerprint density at radius 3 is 2.67 bits per heavy atom. The van der Waals surface area contributed by atoms with Gasteiger partial charge in [-0.25, -0.2) is 9.98 Å².